The zero-order valence-corrected chi connectivity index (χ0v) is 10.8. The number of nitrogens with one attached hydrogen (secondary N) is 1. The highest BCUT2D eigenvalue weighted by molar-refractivity contribution is 5.67. The van der Waals surface area contributed by atoms with Crippen molar-refractivity contribution in [2.45, 2.75) is 20.4 Å². The fraction of sp³-hybridized carbons (Fsp3) is 0.308. The Labute approximate surface area is 106 Å². The SMILES string of the molecule is Cc1cc(NCc2cn(C)nc2C)c(N)cc1F. The van der Waals surface area contributed by atoms with E-state index < -0.39 is 0 Å². The summed E-state index contributed by atoms with van der Waals surface area (Å²) in [4.78, 5) is 0. The molecule has 18 heavy (non-hydrogen) atoms. The van der Waals surface area contributed by atoms with Crippen molar-refractivity contribution in [2.75, 3.05) is 11.1 Å². The Hall–Kier alpha value is -2.04. The van der Waals surface area contributed by atoms with Gasteiger partial charge >= 0.3 is 0 Å². The molecule has 5 heteroatoms. The topological polar surface area (TPSA) is 55.9 Å². The molecule has 0 bridgehead atoms. The van der Waals surface area contributed by atoms with Crippen LogP contribution in [0.1, 0.15) is 16.8 Å². The minimum Gasteiger partial charge on any atom is -0.397 e. The number of benzene rings is 1. The quantitative estimate of drug-likeness (QED) is 0.820. The van der Waals surface area contributed by atoms with E-state index >= 15 is 0 Å². The second kappa shape index (κ2) is 4.68. The highest BCUT2D eigenvalue weighted by Crippen LogP contribution is 2.23. The van der Waals surface area contributed by atoms with Crippen LogP contribution >= 0.6 is 0 Å². The Morgan fingerprint density at radius 1 is 1.39 bits per heavy atom. The predicted molar refractivity (Wildman–Crippen MR) is 70.8 cm³/mol. The number of rotatable bonds is 3. The van der Waals surface area contributed by atoms with Crippen molar-refractivity contribution in [1.82, 2.24) is 9.78 Å². The smallest absolute Gasteiger partial charge is 0.128 e. The van der Waals surface area contributed by atoms with E-state index in [1.54, 1.807) is 17.7 Å². The molecule has 0 spiro atoms. The molecule has 0 aliphatic rings. The largest absolute Gasteiger partial charge is 0.397 e. The van der Waals surface area contributed by atoms with Crippen LogP contribution in [0.15, 0.2) is 18.3 Å². The van der Waals surface area contributed by atoms with Crippen molar-refractivity contribution >= 4 is 11.4 Å². The summed E-state index contributed by atoms with van der Waals surface area (Å²) in [6.45, 7) is 4.29. The van der Waals surface area contributed by atoms with Crippen molar-refractivity contribution < 1.29 is 4.39 Å². The van der Waals surface area contributed by atoms with Crippen molar-refractivity contribution in [1.29, 1.82) is 0 Å². The maximum atomic E-state index is 13.3. The van der Waals surface area contributed by atoms with Gasteiger partial charge in [-0.2, -0.15) is 5.10 Å². The molecule has 1 aromatic heterocycles. The van der Waals surface area contributed by atoms with E-state index in [2.05, 4.69) is 10.4 Å². The third-order valence-electron chi connectivity index (χ3n) is 2.92. The van der Waals surface area contributed by atoms with E-state index in [-0.39, 0.29) is 5.82 Å². The Morgan fingerprint density at radius 3 is 2.72 bits per heavy atom. The van der Waals surface area contributed by atoms with E-state index in [0.29, 0.717) is 17.8 Å². The van der Waals surface area contributed by atoms with Crippen LogP contribution in [-0.2, 0) is 13.6 Å². The van der Waals surface area contributed by atoms with Gasteiger partial charge in [0.2, 0.25) is 0 Å². The lowest BCUT2D eigenvalue weighted by Gasteiger charge is -2.10. The van der Waals surface area contributed by atoms with Gasteiger partial charge < -0.3 is 11.1 Å². The molecule has 0 aliphatic carbocycles. The molecule has 0 saturated heterocycles. The first kappa shape index (κ1) is 12.4. The lowest BCUT2D eigenvalue weighted by Crippen LogP contribution is -2.04. The van der Waals surface area contributed by atoms with Crippen LogP contribution in [-0.4, -0.2) is 9.78 Å². The maximum absolute atomic E-state index is 13.3. The number of nitrogens with two attached hydrogens (primary N) is 1. The van der Waals surface area contributed by atoms with Crippen LogP contribution in [0.4, 0.5) is 15.8 Å². The van der Waals surface area contributed by atoms with Crippen LogP contribution < -0.4 is 11.1 Å². The number of anilines is 2. The first-order valence-corrected chi connectivity index (χ1v) is 5.76. The van der Waals surface area contributed by atoms with Gasteiger partial charge in [-0.1, -0.05) is 0 Å². The first-order chi connectivity index (χ1) is 8.47. The van der Waals surface area contributed by atoms with Gasteiger partial charge in [0.05, 0.1) is 17.1 Å². The van der Waals surface area contributed by atoms with Gasteiger partial charge in [0.1, 0.15) is 5.82 Å². The van der Waals surface area contributed by atoms with Gasteiger partial charge in [0, 0.05) is 25.4 Å². The Kier molecular flexibility index (Phi) is 3.23. The van der Waals surface area contributed by atoms with E-state index in [0.717, 1.165) is 16.9 Å². The Morgan fingerprint density at radius 2 is 2.11 bits per heavy atom. The van der Waals surface area contributed by atoms with Crippen molar-refractivity contribution in [3.63, 3.8) is 0 Å². The number of aryl methyl sites for hydroxylation is 3. The summed E-state index contributed by atoms with van der Waals surface area (Å²) < 4.78 is 15.0. The number of halogens is 1. The Balaban J connectivity index is 2.15. The fourth-order valence-electron chi connectivity index (χ4n) is 1.86. The molecule has 2 aromatic rings. The summed E-state index contributed by atoms with van der Waals surface area (Å²) >= 11 is 0. The lowest BCUT2D eigenvalue weighted by atomic mass is 10.1. The molecule has 3 N–H and O–H groups in total. The van der Waals surface area contributed by atoms with Gasteiger partial charge in [0.15, 0.2) is 0 Å². The molecular formula is C13H17FN4. The number of nitrogen functional groups attached to an aromatic ring is 1. The highest BCUT2D eigenvalue weighted by Gasteiger charge is 2.07. The molecular weight excluding hydrogens is 231 g/mol. The van der Waals surface area contributed by atoms with Crippen LogP contribution in [0.2, 0.25) is 0 Å². The molecule has 0 atom stereocenters. The Bertz CT molecular complexity index is 575. The molecule has 0 amide bonds. The minimum atomic E-state index is -0.282. The maximum Gasteiger partial charge on any atom is 0.128 e. The molecule has 2 rings (SSSR count). The molecule has 1 heterocycles. The number of aromatic nitrogens is 2. The monoisotopic (exact) mass is 248 g/mol. The number of nitrogens with zero attached hydrogens (tertiary/aromatic N) is 2. The molecule has 0 unspecified atom stereocenters. The second-order valence-corrected chi connectivity index (χ2v) is 4.46. The summed E-state index contributed by atoms with van der Waals surface area (Å²) in [5.41, 5.74) is 9.59. The van der Waals surface area contributed by atoms with Gasteiger partial charge in [0.25, 0.3) is 0 Å². The second-order valence-electron chi connectivity index (χ2n) is 4.46. The number of hydrogen-bond acceptors (Lipinski definition) is 3. The third-order valence-corrected chi connectivity index (χ3v) is 2.92. The summed E-state index contributed by atoms with van der Waals surface area (Å²) in [7, 11) is 1.88. The van der Waals surface area contributed by atoms with Crippen molar-refractivity contribution in [3.8, 4) is 0 Å². The van der Waals surface area contributed by atoms with Crippen LogP contribution in [0.25, 0.3) is 0 Å². The van der Waals surface area contributed by atoms with E-state index in [9.17, 15) is 4.39 Å². The highest BCUT2D eigenvalue weighted by atomic mass is 19.1. The van der Waals surface area contributed by atoms with Crippen molar-refractivity contribution in [2.24, 2.45) is 7.05 Å². The van der Waals surface area contributed by atoms with E-state index in [1.165, 1.54) is 6.07 Å². The van der Waals surface area contributed by atoms with Gasteiger partial charge in [-0.15, -0.1) is 0 Å². The van der Waals surface area contributed by atoms with Crippen LogP contribution in [0, 0.1) is 19.7 Å². The molecule has 96 valence electrons. The average molecular weight is 248 g/mol. The summed E-state index contributed by atoms with van der Waals surface area (Å²) in [6.07, 6.45) is 1.95. The van der Waals surface area contributed by atoms with E-state index in [4.69, 9.17) is 5.73 Å². The average Bonchev–Trinajstić information content (AvgIpc) is 2.61. The van der Waals surface area contributed by atoms with Gasteiger partial charge in [-0.05, 0) is 31.5 Å². The zero-order chi connectivity index (χ0) is 13.3. The molecule has 1 aromatic carbocycles. The summed E-state index contributed by atoms with van der Waals surface area (Å²) in [5, 5.41) is 7.47. The van der Waals surface area contributed by atoms with Crippen LogP contribution in [0.3, 0.4) is 0 Å². The van der Waals surface area contributed by atoms with Gasteiger partial charge in [-0.3, -0.25) is 4.68 Å². The molecule has 0 fully saturated rings. The lowest BCUT2D eigenvalue weighted by molar-refractivity contribution is 0.619. The normalized spacial score (nSPS) is 10.7. The summed E-state index contributed by atoms with van der Waals surface area (Å²) in [6, 6.07) is 3.06. The zero-order valence-electron chi connectivity index (χ0n) is 10.8. The number of hydrogen-bond donors (Lipinski definition) is 2. The predicted octanol–water partition coefficient (Wildman–Crippen LogP) is 2.37. The standard InChI is InChI=1S/C13H17FN4/c1-8-4-13(12(15)5-11(8)14)16-6-10-7-18(3)17-9(10)2/h4-5,7,16H,6,15H2,1-3H3. The van der Waals surface area contributed by atoms with Crippen molar-refractivity contribution in [3.05, 3.63) is 41.0 Å². The first-order valence-electron chi connectivity index (χ1n) is 5.76. The molecule has 4 nitrogen and oxygen atoms in total. The minimum absolute atomic E-state index is 0.282. The molecule has 0 saturated carbocycles. The van der Waals surface area contributed by atoms with Crippen LogP contribution in [0.5, 0.6) is 0 Å². The van der Waals surface area contributed by atoms with Gasteiger partial charge in [-0.25, -0.2) is 4.39 Å². The molecule has 0 radical (unpaired) electrons. The summed E-state index contributed by atoms with van der Waals surface area (Å²) in [5.74, 6) is -0.282. The molecule has 0 aliphatic heterocycles. The fourth-order valence-corrected chi connectivity index (χ4v) is 1.86. The third kappa shape index (κ3) is 2.45. The van der Waals surface area contributed by atoms with E-state index in [1.807, 2.05) is 20.2 Å².